The minimum atomic E-state index is 0. The van der Waals surface area contributed by atoms with Crippen molar-refractivity contribution in [2.24, 2.45) is 0 Å². The molecule has 0 radical (unpaired) electrons. The van der Waals surface area contributed by atoms with Gasteiger partial charge in [-0.1, -0.05) is 35.9 Å². The first-order valence-electron chi connectivity index (χ1n) is 7.45. The Kier molecular flexibility index (Phi) is 5.55. The molecule has 122 valence electrons. The Balaban J connectivity index is 0.00000192. The number of hydrogen-bond donors (Lipinski definition) is 2. The van der Waals surface area contributed by atoms with Crippen molar-refractivity contribution in [2.45, 2.75) is 24.7 Å². The second-order valence-electron chi connectivity index (χ2n) is 5.98. The molecule has 1 amide bonds. The molecule has 0 atom stereocenters. The van der Waals surface area contributed by atoms with Gasteiger partial charge in [-0.3, -0.25) is 4.79 Å². The number of amides is 1. The number of rotatable bonds is 5. The molecule has 3 rings (SSSR count). The summed E-state index contributed by atoms with van der Waals surface area (Å²) in [4.78, 5) is 12.1. The second kappa shape index (κ2) is 7.24. The van der Waals surface area contributed by atoms with Gasteiger partial charge in [0.1, 0.15) is 0 Å². The van der Waals surface area contributed by atoms with Gasteiger partial charge in [-0.25, -0.2) is 0 Å². The summed E-state index contributed by atoms with van der Waals surface area (Å²) >= 11 is 5.93. The predicted octanol–water partition coefficient (Wildman–Crippen LogP) is 3.73. The molecule has 0 heterocycles. The summed E-state index contributed by atoms with van der Waals surface area (Å²) in [5.41, 5.74) is 8.69. The number of hydrogen-bond acceptors (Lipinski definition) is 2. The molecule has 3 N–H and O–H groups in total. The highest BCUT2D eigenvalue weighted by molar-refractivity contribution is 6.30. The zero-order chi connectivity index (χ0) is 15.6. The number of carbonyl (C=O) groups excluding carboxylic acids is 1. The summed E-state index contributed by atoms with van der Waals surface area (Å²) in [7, 11) is 0. The molecule has 1 aliphatic rings. The maximum absolute atomic E-state index is 12.1. The number of benzene rings is 2. The lowest BCUT2D eigenvalue weighted by Crippen LogP contribution is -2.33. The molecule has 0 unspecified atom stereocenters. The van der Waals surface area contributed by atoms with Crippen LogP contribution in [0.4, 0.5) is 5.69 Å². The van der Waals surface area contributed by atoms with E-state index in [0.717, 1.165) is 23.4 Å². The summed E-state index contributed by atoms with van der Waals surface area (Å²) in [5, 5.41) is 3.80. The Bertz CT molecular complexity index is 664. The lowest BCUT2D eigenvalue weighted by atomic mass is 9.96. The summed E-state index contributed by atoms with van der Waals surface area (Å²) in [6.45, 7) is 0.683. The van der Waals surface area contributed by atoms with Gasteiger partial charge in [-0.05, 0) is 48.2 Å². The van der Waals surface area contributed by atoms with Crippen molar-refractivity contribution in [1.29, 1.82) is 0 Å². The smallest absolute Gasteiger partial charge is 0.224 e. The lowest BCUT2D eigenvalue weighted by molar-refractivity contribution is -0.120. The number of halogens is 2. The van der Waals surface area contributed by atoms with E-state index >= 15 is 0 Å². The van der Waals surface area contributed by atoms with Gasteiger partial charge >= 0.3 is 0 Å². The first-order valence-corrected chi connectivity index (χ1v) is 7.82. The van der Waals surface area contributed by atoms with Crippen LogP contribution in [0.2, 0.25) is 5.02 Å². The molecule has 0 aliphatic heterocycles. The molecule has 1 saturated carbocycles. The van der Waals surface area contributed by atoms with Crippen molar-refractivity contribution >= 4 is 35.6 Å². The lowest BCUT2D eigenvalue weighted by Gasteiger charge is -2.17. The number of nitrogen functional groups attached to an aromatic ring is 1. The number of carbonyl (C=O) groups is 1. The summed E-state index contributed by atoms with van der Waals surface area (Å²) in [6.07, 6.45) is 2.60. The first kappa shape index (κ1) is 17.6. The summed E-state index contributed by atoms with van der Waals surface area (Å²) in [5.74, 6) is 0.0463. The third kappa shape index (κ3) is 4.40. The Hall–Kier alpha value is -1.71. The zero-order valence-electron chi connectivity index (χ0n) is 12.7. The van der Waals surface area contributed by atoms with Crippen molar-refractivity contribution in [3.63, 3.8) is 0 Å². The molecule has 0 aromatic heterocycles. The molecule has 1 fully saturated rings. The van der Waals surface area contributed by atoms with Crippen LogP contribution >= 0.6 is 24.0 Å². The van der Waals surface area contributed by atoms with E-state index < -0.39 is 0 Å². The van der Waals surface area contributed by atoms with Crippen LogP contribution in [0.3, 0.4) is 0 Å². The first-order chi connectivity index (χ1) is 10.6. The zero-order valence-corrected chi connectivity index (χ0v) is 14.3. The van der Waals surface area contributed by atoms with Crippen LogP contribution in [0.25, 0.3) is 0 Å². The Morgan fingerprint density at radius 2 is 1.70 bits per heavy atom. The highest BCUT2D eigenvalue weighted by Gasteiger charge is 2.44. The van der Waals surface area contributed by atoms with Crippen molar-refractivity contribution in [1.82, 2.24) is 5.32 Å². The molecule has 5 heteroatoms. The number of nitrogens with two attached hydrogens (primary N) is 1. The number of nitrogens with one attached hydrogen (secondary N) is 1. The predicted molar refractivity (Wildman–Crippen MR) is 97.2 cm³/mol. The molecular weight excluding hydrogens is 331 g/mol. The maximum Gasteiger partial charge on any atom is 0.224 e. The third-order valence-corrected chi connectivity index (χ3v) is 4.53. The topological polar surface area (TPSA) is 55.1 Å². The van der Waals surface area contributed by atoms with E-state index in [1.165, 1.54) is 5.56 Å². The van der Waals surface area contributed by atoms with E-state index in [-0.39, 0.29) is 23.7 Å². The standard InChI is InChI=1S/C18H19ClN2O.ClH/c19-15-5-3-14(4-6-15)18(9-10-18)12-21-17(22)11-13-1-7-16(20)8-2-13;/h1-8H,9-12,20H2,(H,21,22);1H. The second-order valence-corrected chi connectivity index (χ2v) is 6.42. The Morgan fingerprint density at radius 3 is 2.26 bits per heavy atom. The van der Waals surface area contributed by atoms with E-state index in [2.05, 4.69) is 17.4 Å². The van der Waals surface area contributed by atoms with Crippen LogP contribution in [0.1, 0.15) is 24.0 Å². The van der Waals surface area contributed by atoms with Crippen molar-refractivity contribution in [3.8, 4) is 0 Å². The highest BCUT2D eigenvalue weighted by Crippen LogP contribution is 2.47. The van der Waals surface area contributed by atoms with Gasteiger partial charge in [0.25, 0.3) is 0 Å². The molecule has 0 bridgehead atoms. The van der Waals surface area contributed by atoms with Crippen LogP contribution in [0, 0.1) is 0 Å². The average molecular weight is 351 g/mol. The molecule has 0 saturated heterocycles. The quantitative estimate of drug-likeness (QED) is 0.807. The van der Waals surface area contributed by atoms with Gasteiger partial charge in [-0.2, -0.15) is 0 Å². The van der Waals surface area contributed by atoms with Crippen LogP contribution in [0.15, 0.2) is 48.5 Å². The molecule has 23 heavy (non-hydrogen) atoms. The Morgan fingerprint density at radius 1 is 1.09 bits per heavy atom. The largest absolute Gasteiger partial charge is 0.399 e. The molecule has 2 aromatic carbocycles. The van der Waals surface area contributed by atoms with E-state index in [9.17, 15) is 4.79 Å². The van der Waals surface area contributed by atoms with Crippen LogP contribution in [-0.2, 0) is 16.6 Å². The van der Waals surface area contributed by atoms with E-state index in [1.807, 2.05) is 36.4 Å². The number of anilines is 1. The van der Waals surface area contributed by atoms with Gasteiger partial charge in [0, 0.05) is 22.7 Å². The Labute approximate surface area is 147 Å². The molecular formula is C18H20Cl2N2O. The highest BCUT2D eigenvalue weighted by atomic mass is 35.5. The van der Waals surface area contributed by atoms with Gasteiger partial charge in [0.05, 0.1) is 6.42 Å². The molecule has 2 aromatic rings. The van der Waals surface area contributed by atoms with Crippen molar-refractivity contribution in [3.05, 3.63) is 64.7 Å². The van der Waals surface area contributed by atoms with Gasteiger partial charge in [0.15, 0.2) is 0 Å². The van der Waals surface area contributed by atoms with E-state index in [1.54, 1.807) is 0 Å². The fourth-order valence-electron chi connectivity index (χ4n) is 2.67. The fourth-order valence-corrected chi connectivity index (χ4v) is 2.80. The van der Waals surface area contributed by atoms with Crippen LogP contribution in [0.5, 0.6) is 0 Å². The monoisotopic (exact) mass is 350 g/mol. The third-order valence-electron chi connectivity index (χ3n) is 4.28. The van der Waals surface area contributed by atoms with Crippen molar-refractivity contribution in [2.75, 3.05) is 12.3 Å². The maximum atomic E-state index is 12.1. The van der Waals surface area contributed by atoms with Crippen LogP contribution in [-0.4, -0.2) is 12.5 Å². The molecule has 0 spiro atoms. The minimum absolute atomic E-state index is 0. The van der Waals surface area contributed by atoms with Crippen molar-refractivity contribution < 1.29 is 4.79 Å². The fraction of sp³-hybridized carbons (Fsp3) is 0.278. The summed E-state index contributed by atoms with van der Waals surface area (Å²) in [6, 6.07) is 15.3. The molecule has 1 aliphatic carbocycles. The van der Waals surface area contributed by atoms with Crippen LogP contribution < -0.4 is 11.1 Å². The van der Waals surface area contributed by atoms with Gasteiger partial charge < -0.3 is 11.1 Å². The SMILES string of the molecule is Cl.Nc1ccc(CC(=O)NCC2(c3ccc(Cl)cc3)CC2)cc1. The average Bonchev–Trinajstić information content (AvgIpc) is 3.30. The van der Waals surface area contributed by atoms with Gasteiger partial charge in [0.2, 0.25) is 5.91 Å². The van der Waals surface area contributed by atoms with E-state index in [0.29, 0.717) is 18.7 Å². The molecule has 3 nitrogen and oxygen atoms in total. The van der Waals surface area contributed by atoms with E-state index in [4.69, 9.17) is 17.3 Å². The summed E-state index contributed by atoms with van der Waals surface area (Å²) < 4.78 is 0. The normalized spacial score (nSPS) is 14.7. The van der Waals surface area contributed by atoms with Gasteiger partial charge in [-0.15, -0.1) is 12.4 Å². The minimum Gasteiger partial charge on any atom is -0.399 e.